The van der Waals surface area contributed by atoms with Crippen LogP contribution in [0.3, 0.4) is 0 Å². The average molecular weight is 381 g/mol. The summed E-state index contributed by atoms with van der Waals surface area (Å²) in [7, 11) is 3.34. The number of methoxy groups -OCH3 is 2. The van der Waals surface area contributed by atoms with Gasteiger partial charge in [-0.1, -0.05) is 0 Å². The predicted octanol–water partition coefficient (Wildman–Crippen LogP) is 2.94. The van der Waals surface area contributed by atoms with Gasteiger partial charge in [-0.2, -0.15) is 0 Å². The minimum Gasteiger partial charge on any atom is -0.497 e. The fourth-order valence-electron chi connectivity index (χ4n) is 3.24. The van der Waals surface area contributed by atoms with E-state index >= 15 is 0 Å². The second kappa shape index (κ2) is 9.42. The van der Waals surface area contributed by atoms with Crippen molar-refractivity contribution in [2.24, 2.45) is 4.99 Å². The molecule has 0 saturated heterocycles. The minimum absolute atomic E-state index is 0.773. The van der Waals surface area contributed by atoms with Crippen molar-refractivity contribution in [3.8, 4) is 22.8 Å². The molecule has 0 aliphatic heterocycles. The Morgan fingerprint density at radius 2 is 1.57 bits per heavy atom. The summed E-state index contributed by atoms with van der Waals surface area (Å²) in [4.78, 5) is 6.45. The highest BCUT2D eigenvalue weighted by Gasteiger charge is 2.08. The van der Waals surface area contributed by atoms with Crippen LogP contribution in [0.5, 0.6) is 11.5 Å². The molecule has 0 saturated carbocycles. The van der Waals surface area contributed by atoms with Crippen molar-refractivity contribution in [2.45, 2.75) is 13.8 Å². The summed E-state index contributed by atoms with van der Waals surface area (Å²) in [5.74, 6) is 2.40. The summed E-state index contributed by atoms with van der Waals surface area (Å²) in [6.45, 7) is 8.44. The number of nitrogens with one attached hydrogen (secondary N) is 1. The van der Waals surface area contributed by atoms with Crippen molar-refractivity contribution in [2.75, 3.05) is 40.4 Å². The summed E-state index contributed by atoms with van der Waals surface area (Å²) in [6.07, 6.45) is 0. The molecule has 148 valence electrons. The SMILES string of the molecule is CC[NH+](CC)CCN=c1cc(-c2ccc(OC)cc2)oc2ccc(OC)cc12. The van der Waals surface area contributed by atoms with Gasteiger partial charge >= 0.3 is 0 Å². The molecule has 3 rings (SSSR count). The van der Waals surface area contributed by atoms with Gasteiger partial charge in [-0.05, 0) is 56.3 Å². The zero-order chi connectivity index (χ0) is 19.9. The van der Waals surface area contributed by atoms with Gasteiger partial charge in [0.2, 0.25) is 0 Å². The molecule has 0 fully saturated rings. The van der Waals surface area contributed by atoms with E-state index in [1.807, 2.05) is 48.5 Å². The van der Waals surface area contributed by atoms with Crippen LogP contribution in [0.1, 0.15) is 13.8 Å². The number of quaternary nitrogens is 1. The quantitative estimate of drug-likeness (QED) is 0.653. The molecule has 0 atom stereocenters. The van der Waals surface area contributed by atoms with Gasteiger partial charge in [0.05, 0.1) is 45.8 Å². The van der Waals surface area contributed by atoms with E-state index in [4.69, 9.17) is 18.9 Å². The van der Waals surface area contributed by atoms with E-state index in [0.717, 1.165) is 65.3 Å². The third-order valence-corrected chi connectivity index (χ3v) is 5.07. The number of nitrogens with zero attached hydrogens (tertiary/aromatic N) is 1. The second-order valence-corrected chi connectivity index (χ2v) is 6.68. The maximum atomic E-state index is 6.17. The smallest absolute Gasteiger partial charge is 0.137 e. The number of likely N-dealkylation sites (N-methyl/N-ethyl adjacent to an activating group) is 1. The van der Waals surface area contributed by atoms with Gasteiger partial charge in [-0.25, -0.2) is 0 Å². The summed E-state index contributed by atoms with van der Waals surface area (Å²) >= 11 is 0. The lowest BCUT2D eigenvalue weighted by Gasteiger charge is -2.13. The van der Waals surface area contributed by atoms with Crippen molar-refractivity contribution < 1.29 is 18.8 Å². The molecule has 1 N–H and O–H groups in total. The third kappa shape index (κ3) is 4.54. The third-order valence-electron chi connectivity index (χ3n) is 5.07. The summed E-state index contributed by atoms with van der Waals surface area (Å²) < 4.78 is 16.8. The lowest BCUT2D eigenvalue weighted by atomic mass is 10.1. The minimum atomic E-state index is 0.773. The number of fused-ring (bicyclic) bond motifs is 1. The first-order valence-electron chi connectivity index (χ1n) is 9.78. The summed E-state index contributed by atoms with van der Waals surface area (Å²) in [5, 5.41) is 1.89. The Bertz CT molecular complexity index is 973. The Kier molecular flexibility index (Phi) is 6.71. The number of ether oxygens (including phenoxy) is 2. The van der Waals surface area contributed by atoms with Crippen molar-refractivity contribution in [1.82, 2.24) is 0 Å². The molecule has 0 bridgehead atoms. The van der Waals surface area contributed by atoms with Crippen molar-refractivity contribution >= 4 is 11.0 Å². The van der Waals surface area contributed by atoms with Gasteiger partial charge in [0.25, 0.3) is 0 Å². The molecule has 28 heavy (non-hydrogen) atoms. The first-order valence-corrected chi connectivity index (χ1v) is 9.78. The van der Waals surface area contributed by atoms with Crippen molar-refractivity contribution in [3.05, 3.63) is 53.9 Å². The van der Waals surface area contributed by atoms with Crippen LogP contribution in [-0.2, 0) is 0 Å². The average Bonchev–Trinajstić information content (AvgIpc) is 2.76. The maximum Gasteiger partial charge on any atom is 0.137 e. The Morgan fingerprint density at radius 3 is 2.21 bits per heavy atom. The number of benzene rings is 2. The number of rotatable bonds is 8. The molecule has 0 amide bonds. The van der Waals surface area contributed by atoms with Crippen LogP contribution in [0, 0.1) is 0 Å². The lowest BCUT2D eigenvalue weighted by molar-refractivity contribution is -0.894. The molecule has 0 aliphatic rings. The Hall–Kier alpha value is -2.79. The van der Waals surface area contributed by atoms with Crippen LogP contribution in [-0.4, -0.2) is 40.4 Å². The van der Waals surface area contributed by atoms with Crippen molar-refractivity contribution in [3.63, 3.8) is 0 Å². The van der Waals surface area contributed by atoms with Gasteiger partial charge in [-0.15, -0.1) is 0 Å². The molecule has 5 nitrogen and oxygen atoms in total. The molecule has 0 radical (unpaired) electrons. The molecule has 5 heteroatoms. The highest BCUT2D eigenvalue weighted by Crippen LogP contribution is 2.26. The van der Waals surface area contributed by atoms with Crippen LogP contribution >= 0.6 is 0 Å². The van der Waals surface area contributed by atoms with E-state index in [9.17, 15) is 0 Å². The number of hydrogen-bond donors (Lipinski definition) is 1. The largest absolute Gasteiger partial charge is 0.497 e. The zero-order valence-electron chi connectivity index (χ0n) is 17.1. The van der Waals surface area contributed by atoms with Crippen LogP contribution in [0.4, 0.5) is 0 Å². The second-order valence-electron chi connectivity index (χ2n) is 6.68. The fraction of sp³-hybridized carbons (Fsp3) is 0.348. The van der Waals surface area contributed by atoms with E-state index < -0.39 is 0 Å². The van der Waals surface area contributed by atoms with E-state index in [1.165, 1.54) is 0 Å². The van der Waals surface area contributed by atoms with Gasteiger partial charge in [0, 0.05) is 17.0 Å². The maximum absolute atomic E-state index is 6.17. The molecule has 0 spiro atoms. The normalized spacial score (nSPS) is 12.0. The Labute approximate surface area is 166 Å². The van der Waals surface area contributed by atoms with Gasteiger partial charge in [0.1, 0.15) is 22.8 Å². The van der Waals surface area contributed by atoms with Crippen molar-refractivity contribution in [1.29, 1.82) is 0 Å². The van der Waals surface area contributed by atoms with Crippen LogP contribution in [0.25, 0.3) is 22.3 Å². The topological polar surface area (TPSA) is 48.4 Å². The fourth-order valence-corrected chi connectivity index (χ4v) is 3.24. The van der Waals surface area contributed by atoms with Gasteiger partial charge < -0.3 is 18.8 Å². The summed E-state index contributed by atoms with van der Waals surface area (Å²) in [5.41, 5.74) is 1.78. The van der Waals surface area contributed by atoms with Gasteiger partial charge in [0.15, 0.2) is 0 Å². The molecule has 3 aromatic rings. The first-order chi connectivity index (χ1) is 13.7. The lowest BCUT2D eigenvalue weighted by Crippen LogP contribution is -3.11. The van der Waals surface area contributed by atoms with Gasteiger partial charge in [-0.3, -0.25) is 4.99 Å². The van der Waals surface area contributed by atoms with E-state index in [-0.39, 0.29) is 0 Å². The van der Waals surface area contributed by atoms with E-state index in [2.05, 4.69) is 13.8 Å². The number of hydrogen-bond acceptors (Lipinski definition) is 4. The van der Waals surface area contributed by atoms with E-state index in [1.54, 1.807) is 19.1 Å². The Balaban J connectivity index is 2.06. The summed E-state index contributed by atoms with van der Waals surface area (Å²) in [6, 6.07) is 15.7. The molecule has 2 aromatic carbocycles. The van der Waals surface area contributed by atoms with E-state index in [0.29, 0.717) is 0 Å². The monoisotopic (exact) mass is 381 g/mol. The zero-order valence-corrected chi connectivity index (χ0v) is 17.1. The molecule has 1 aromatic heterocycles. The van der Waals surface area contributed by atoms with Crippen LogP contribution in [0.15, 0.2) is 57.9 Å². The molecule has 1 heterocycles. The molecular formula is C23H29N2O3+. The standard InChI is InChI=1S/C23H28N2O3/c1-5-25(6-2)14-13-24-21-16-23(17-7-9-18(26-3)10-8-17)28-22-12-11-19(27-4)15-20(21)22/h7-12,15-16H,5-6,13-14H2,1-4H3/p+1. The molecule has 0 unspecified atom stereocenters. The highest BCUT2D eigenvalue weighted by molar-refractivity contribution is 5.80. The highest BCUT2D eigenvalue weighted by atomic mass is 16.5. The predicted molar refractivity (Wildman–Crippen MR) is 112 cm³/mol. The van der Waals surface area contributed by atoms with Crippen LogP contribution in [0.2, 0.25) is 0 Å². The Morgan fingerprint density at radius 1 is 0.893 bits per heavy atom. The molecular weight excluding hydrogens is 352 g/mol. The molecule has 0 aliphatic carbocycles. The first kappa shape index (κ1) is 20.0. The van der Waals surface area contributed by atoms with Crippen LogP contribution < -0.4 is 19.7 Å².